The topological polar surface area (TPSA) is 75.7 Å². The molecule has 2 aromatic heterocycles. The van der Waals surface area contributed by atoms with Gasteiger partial charge in [0.1, 0.15) is 5.82 Å². The summed E-state index contributed by atoms with van der Waals surface area (Å²) in [6.07, 6.45) is 1.61. The predicted octanol–water partition coefficient (Wildman–Crippen LogP) is 6.43. The van der Waals surface area contributed by atoms with Crippen molar-refractivity contribution in [2.45, 2.75) is 13.5 Å². The van der Waals surface area contributed by atoms with E-state index in [-0.39, 0.29) is 11.5 Å². The SMILES string of the molecule is CC(=O)Nc1ccc(Cl)cc1-c1ccc(-n2c(=N)n(Cc3ccccc3Cl)c3ccc(F)cc32)cn1. The third-order valence-corrected chi connectivity index (χ3v) is 6.40. The molecular weight excluding hydrogens is 500 g/mol. The number of carbonyl (C=O) groups excluding carboxylic acids is 1. The van der Waals surface area contributed by atoms with E-state index in [1.54, 1.807) is 57.8 Å². The van der Waals surface area contributed by atoms with E-state index < -0.39 is 5.82 Å². The molecule has 0 atom stereocenters. The van der Waals surface area contributed by atoms with Crippen LogP contribution in [0.15, 0.2) is 79.0 Å². The molecule has 9 heteroatoms. The molecule has 0 aliphatic carbocycles. The van der Waals surface area contributed by atoms with Gasteiger partial charge in [0.2, 0.25) is 11.5 Å². The van der Waals surface area contributed by atoms with E-state index in [0.29, 0.717) is 50.3 Å². The first-order chi connectivity index (χ1) is 17.3. The summed E-state index contributed by atoms with van der Waals surface area (Å²) < 4.78 is 17.7. The Morgan fingerprint density at radius 2 is 1.83 bits per heavy atom. The summed E-state index contributed by atoms with van der Waals surface area (Å²) in [4.78, 5) is 16.2. The average molecular weight is 520 g/mol. The van der Waals surface area contributed by atoms with Crippen LogP contribution in [0.2, 0.25) is 10.0 Å². The van der Waals surface area contributed by atoms with E-state index in [0.717, 1.165) is 5.56 Å². The number of carbonyl (C=O) groups is 1. The Labute approximate surface area is 216 Å². The molecule has 0 saturated heterocycles. The number of fused-ring (bicyclic) bond motifs is 1. The second kappa shape index (κ2) is 9.60. The van der Waals surface area contributed by atoms with Crippen molar-refractivity contribution in [1.82, 2.24) is 14.1 Å². The highest BCUT2D eigenvalue weighted by Crippen LogP contribution is 2.30. The van der Waals surface area contributed by atoms with Crippen molar-refractivity contribution in [2.75, 3.05) is 5.32 Å². The maximum atomic E-state index is 14.3. The highest BCUT2D eigenvalue weighted by molar-refractivity contribution is 6.31. The summed E-state index contributed by atoms with van der Waals surface area (Å²) in [7, 11) is 0. The first kappa shape index (κ1) is 23.8. The van der Waals surface area contributed by atoms with Crippen molar-refractivity contribution in [1.29, 1.82) is 5.41 Å². The molecule has 0 radical (unpaired) electrons. The van der Waals surface area contributed by atoms with Crippen molar-refractivity contribution < 1.29 is 9.18 Å². The molecular formula is C27H20Cl2FN5O. The molecule has 0 bridgehead atoms. The van der Waals surface area contributed by atoms with Crippen LogP contribution in [0.25, 0.3) is 28.0 Å². The van der Waals surface area contributed by atoms with Crippen LogP contribution in [0.5, 0.6) is 0 Å². The number of anilines is 1. The molecule has 0 spiro atoms. The highest BCUT2D eigenvalue weighted by Gasteiger charge is 2.16. The van der Waals surface area contributed by atoms with Crippen molar-refractivity contribution in [3.63, 3.8) is 0 Å². The summed E-state index contributed by atoms with van der Waals surface area (Å²) in [5, 5.41) is 12.8. The number of hydrogen-bond donors (Lipinski definition) is 2. The Kier molecular flexibility index (Phi) is 6.35. The molecule has 6 nitrogen and oxygen atoms in total. The van der Waals surface area contributed by atoms with Gasteiger partial charge in [-0.3, -0.25) is 19.8 Å². The van der Waals surface area contributed by atoms with E-state index in [9.17, 15) is 9.18 Å². The lowest BCUT2D eigenvalue weighted by Crippen LogP contribution is -2.24. The number of rotatable bonds is 5. The fourth-order valence-corrected chi connectivity index (χ4v) is 4.54. The zero-order valence-corrected chi connectivity index (χ0v) is 20.6. The standard InChI is InChI=1S/C27H20Cl2FN5O/c1-16(36)33-24-9-6-18(28)12-21(24)23-10-8-20(14-32-23)35-26-13-19(30)7-11-25(26)34(27(35)31)15-17-4-2-3-5-22(17)29/h2-14,31H,15H2,1H3,(H,33,36). The summed E-state index contributed by atoms with van der Waals surface area (Å²) >= 11 is 12.6. The number of halogens is 3. The van der Waals surface area contributed by atoms with Crippen LogP contribution in [0.4, 0.5) is 10.1 Å². The minimum Gasteiger partial charge on any atom is -0.326 e. The highest BCUT2D eigenvalue weighted by atomic mass is 35.5. The smallest absolute Gasteiger partial charge is 0.221 e. The Balaban J connectivity index is 1.62. The van der Waals surface area contributed by atoms with Crippen LogP contribution in [-0.2, 0) is 11.3 Å². The van der Waals surface area contributed by atoms with Crippen LogP contribution in [0, 0.1) is 11.2 Å². The summed E-state index contributed by atoms with van der Waals surface area (Å²) in [6.45, 7) is 1.78. The Hall–Kier alpha value is -3.94. The van der Waals surface area contributed by atoms with Gasteiger partial charge in [-0.15, -0.1) is 0 Å². The molecule has 0 fully saturated rings. The minimum absolute atomic E-state index is 0.145. The number of pyridine rings is 1. The first-order valence-electron chi connectivity index (χ1n) is 11.0. The fraction of sp³-hybridized carbons (Fsp3) is 0.0741. The number of nitrogens with one attached hydrogen (secondary N) is 2. The number of nitrogens with zero attached hydrogens (tertiary/aromatic N) is 3. The zero-order chi connectivity index (χ0) is 25.4. The van der Waals surface area contributed by atoms with E-state index >= 15 is 0 Å². The Bertz CT molecular complexity index is 1670. The van der Waals surface area contributed by atoms with Crippen LogP contribution < -0.4 is 10.9 Å². The molecule has 0 aliphatic heterocycles. The molecule has 5 rings (SSSR count). The lowest BCUT2D eigenvalue weighted by Gasteiger charge is -2.11. The number of hydrogen-bond acceptors (Lipinski definition) is 3. The normalized spacial score (nSPS) is 11.1. The monoisotopic (exact) mass is 519 g/mol. The van der Waals surface area contributed by atoms with E-state index in [1.165, 1.54) is 19.1 Å². The van der Waals surface area contributed by atoms with Crippen LogP contribution in [0.1, 0.15) is 12.5 Å². The van der Waals surface area contributed by atoms with Gasteiger partial charge >= 0.3 is 0 Å². The molecule has 180 valence electrons. The van der Waals surface area contributed by atoms with Gasteiger partial charge in [-0.1, -0.05) is 41.4 Å². The summed E-state index contributed by atoms with van der Waals surface area (Å²) in [5.41, 5.74) is 4.62. The van der Waals surface area contributed by atoms with Crippen LogP contribution in [0.3, 0.4) is 0 Å². The maximum Gasteiger partial charge on any atom is 0.221 e. The van der Waals surface area contributed by atoms with Crippen molar-refractivity contribution in [3.8, 4) is 16.9 Å². The first-order valence-corrected chi connectivity index (χ1v) is 11.8. The molecule has 0 saturated carbocycles. The maximum absolute atomic E-state index is 14.3. The number of benzene rings is 3. The summed E-state index contributed by atoms with van der Waals surface area (Å²) in [5.74, 6) is -0.618. The molecule has 2 heterocycles. The summed E-state index contributed by atoms with van der Waals surface area (Å²) in [6, 6.07) is 20.6. The van der Waals surface area contributed by atoms with E-state index in [4.69, 9.17) is 28.6 Å². The lowest BCUT2D eigenvalue weighted by atomic mass is 10.1. The number of amides is 1. The molecule has 2 N–H and O–H groups in total. The van der Waals surface area contributed by atoms with Gasteiger partial charge in [0.15, 0.2) is 0 Å². The van der Waals surface area contributed by atoms with Gasteiger partial charge in [-0.2, -0.15) is 0 Å². The number of imidazole rings is 1. The van der Waals surface area contributed by atoms with Gasteiger partial charge < -0.3 is 9.88 Å². The zero-order valence-electron chi connectivity index (χ0n) is 19.1. The van der Waals surface area contributed by atoms with Gasteiger partial charge in [-0.25, -0.2) is 4.39 Å². The molecule has 1 amide bonds. The van der Waals surface area contributed by atoms with Crippen molar-refractivity contribution >= 4 is 45.8 Å². The van der Waals surface area contributed by atoms with Gasteiger partial charge in [0.05, 0.1) is 40.8 Å². The molecule has 3 aromatic carbocycles. The van der Waals surface area contributed by atoms with Crippen molar-refractivity contribution in [3.05, 3.63) is 106 Å². The minimum atomic E-state index is -0.408. The molecule has 5 aromatic rings. The lowest BCUT2D eigenvalue weighted by molar-refractivity contribution is -0.114. The number of aromatic nitrogens is 3. The second-order valence-electron chi connectivity index (χ2n) is 8.24. The van der Waals surface area contributed by atoms with E-state index in [2.05, 4.69) is 10.3 Å². The largest absolute Gasteiger partial charge is 0.326 e. The average Bonchev–Trinajstić information content (AvgIpc) is 3.11. The second-order valence-corrected chi connectivity index (χ2v) is 9.09. The third kappa shape index (κ3) is 4.51. The van der Waals surface area contributed by atoms with Gasteiger partial charge in [0.25, 0.3) is 0 Å². The van der Waals surface area contributed by atoms with Crippen molar-refractivity contribution in [2.24, 2.45) is 0 Å². The predicted molar refractivity (Wildman–Crippen MR) is 140 cm³/mol. The van der Waals surface area contributed by atoms with E-state index in [1.807, 2.05) is 18.2 Å². The van der Waals surface area contributed by atoms with Gasteiger partial charge in [-0.05, 0) is 54.1 Å². The molecule has 0 aliphatic rings. The Morgan fingerprint density at radius 3 is 2.56 bits per heavy atom. The van der Waals surface area contributed by atoms with Crippen LogP contribution >= 0.6 is 23.2 Å². The molecule has 36 heavy (non-hydrogen) atoms. The quantitative estimate of drug-likeness (QED) is 0.281. The van der Waals surface area contributed by atoms with Crippen LogP contribution in [-0.4, -0.2) is 20.0 Å². The van der Waals surface area contributed by atoms with Gasteiger partial charge in [0, 0.05) is 28.6 Å². The molecule has 0 unspecified atom stereocenters. The third-order valence-electron chi connectivity index (χ3n) is 5.80. The fourth-order valence-electron chi connectivity index (χ4n) is 4.18. The Morgan fingerprint density at radius 1 is 1.03 bits per heavy atom.